The molecule has 0 aliphatic carbocycles. The maximum absolute atomic E-state index is 14.1. The maximum Gasteiger partial charge on any atom is 0.258 e. The number of carbonyl (C=O) groups is 1. The molecule has 166 valence electrons. The molecular weight excluding hydrogens is 428 g/mol. The number of ether oxygens (including phenoxy) is 1. The minimum absolute atomic E-state index is 0.0207. The summed E-state index contributed by atoms with van der Waals surface area (Å²) in [5, 5.41) is 2.59. The standard InChI is InChI=1S/C21H23F2N3O4S/c22-15-3-5-18(23)17(13-15)21(27)24-19-14-16(4-6-20(19)25-7-1-2-8-25)31(28,29)26-9-11-30-12-10-26/h3-6,13-14H,1-2,7-12H2,(H,24,27). The molecule has 2 aliphatic heterocycles. The fourth-order valence-corrected chi connectivity index (χ4v) is 5.24. The molecule has 10 heteroatoms. The molecule has 2 aromatic carbocycles. The average Bonchev–Trinajstić information content (AvgIpc) is 3.30. The van der Waals surface area contributed by atoms with Gasteiger partial charge in [0.25, 0.3) is 5.91 Å². The van der Waals surface area contributed by atoms with Crippen molar-refractivity contribution < 1.29 is 26.7 Å². The van der Waals surface area contributed by atoms with Gasteiger partial charge in [-0.05, 0) is 49.2 Å². The van der Waals surface area contributed by atoms with Crippen molar-refractivity contribution in [3.05, 3.63) is 53.6 Å². The summed E-state index contributed by atoms with van der Waals surface area (Å²) < 4.78 is 60.3. The second kappa shape index (κ2) is 8.89. The van der Waals surface area contributed by atoms with Crippen LogP contribution in [0.2, 0.25) is 0 Å². The van der Waals surface area contributed by atoms with E-state index in [1.807, 2.05) is 4.90 Å². The molecule has 0 atom stereocenters. The van der Waals surface area contributed by atoms with Crippen LogP contribution in [0.5, 0.6) is 0 Å². The highest BCUT2D eigenvalue weighted by Crippen LogP contribution is 2.33. The number of nitrogens with one attached hydrogen (secondary N) is 1. The maximum atomic E-state index is 14.1. The van der Waals surface area contributed by atoms with Gasteiger partial charge in [-0.25, -0.2) is 17.2 Å². The molecule has 0 saturated carbocycles. The van der Waals surface area contributed by atoms with E-state index in [1.165, 1.54) is 16.4 Å². The lowest BCUT2D eigenvalue weighted by Gasteiger charge is -2.27. The number of amides is 1. The monoisotopic (exact) mass is 451 g/mol. The number of morpholine rings is 1. The van der Waals surface area contributed by atoms with Crippen LogP contribution in [-0.4, -0.2) is 58.0 Å². The van der Waals surface area contributed by atoms with Crippen molar-refractivity contribution in [1.82, 2.24) is 4.31 Å². The molecule has 1 N–H and O–H groups in total. The zero-order valence-corrected chi connectivity index (χ0v) is 17.6. The third-order valence-corrected chi connectivity index (χ3v) is 7.34. The number of anilines is 2. The average molecular weight is 451 g/mol. The smallest absolute Gasteiger partial charge is 0.258 e. The predicted octanol–water partition coefficient (Wildman–Crippen LogP) is 2.84. The van der Waals surface area contributed by atoms with Gasteiger partial charge in [0.2, 0.25) is 10.0 Å². The molecule has 1 amide bonds. The first-order valence-corrected chi connectivity index (χ1v) is 11.5. The Labute approximate surface area is 179 Å². The van der Waals surface area contributed by atoms with E-state index in [2.05, 4.69) is 5.32 Å². The molecule has 2 aromatic rings. The highest BCUT2D eigenvalue weighted by Gasteiger charge is 2.28. The lowest BCUT2D eigenvalue weighted by Crippen LogP contribution is -2.40. The molecule has 2 heterocycles. The van der Waals surface area contributed by atoms with Gasteiger partial charge in [0.15, 0.2) is 0 Å². The second-order valence-electron chi connectivity index (χ2n) is 7.47. The van der Waals surface area contributed by atoms with E-state index in [4.69, 9.17) is 4.74 Å². The quantitative estimate of drug-likeness (QED) is 0.757. The Bertz CT molecular complexity index is 1080. The van der Waals surface area contributed by atoms with Gasteiger partial charge in [0.1, 0.15) is 11.6 Å². The largest absolute Gasteiger partial charge is 0.379 e. The van der Waals surface area contributed by atoms with Crippen LogP contribution in [0.15, 0.2) is 41.3 Å². The van der Waals surface area contributed by atoms with Crippen molar-refractivity contribution in [2.45, 2.75) is 17.7 Å². The summed E-state index contributed by atoms with van der Waals surface area (Å²) in [5.41, 5.74) is 0.433. The Morgan fingerprint density at radius 1 is 0.968 bits per heavy atom. The van der Waals surface area contributed by atoms with E-state index >= 15 is 0 Å². The lowest BCUT2D eigenvalue weighted by molar-refractivity contribution is 0.0730. The fourth-order valence-electron chi connectivity index (χ4n) is 3.81. The summed E-state index contributed by atoms with van der Waals surface area (Å²) >= 11 is 0. The molecule has 0 bridgehead atoms. The van der Waals surface area contributed by atoms with E-state index in [1.54, 1.807) is 6.07 Å². The second-order valence-corrected chi connectivity index (χ2v) is 9.41. The van der Waals surface area contributed by atoms with E-state index in [0.717, 1.165) is 44.1 Å². The number of hydrogen-bond acceptors (Lipinski definition) is 5. The third-order valence-electron chi connectivity index (χ3n) is 5.44. The van der Waals surface area contributed by atoms with Crippen LogP contribution in [0.4, 0.5) is 20.2 Å². The van der Waals surface area contributed by atoms with Crippen molar-refractivity contribution in [2.24, 2.45) is 0 Å². The summed E-state index contributed by atoms with van der Waals surface area (Å²) in [4.78, 5) is 14.8. The Hall–Kier alpha value is -2.56. The van der Waals surface area contributed by atoms with Crippen molar-refractivity contribution >= 4 is 27.3 Å². The van der Waals surface area contributed by atoms with E-state index in [-0.39, 0.29) is 23.7 Å². The van der Waals surface area contributed by atoms with Gasteiger partial charge >= 0.3 is 0 Å². The normalized spacial score (nSPS) is 17.7. The minimum Gasteiger partial charge on any atom is -0.379 e. The first-order valence-electron chi connectivity index (χ1n) is 10.1. The van der Waals surface area contributed by atoms with E-state index < -0.39 is 33.1 Å². The van der Waals surface area contributed by atoms with Gasteiger partial charge in [0.05, 0.1) is 35.0 Å². The number of nitrogens with zero attached hydrogens (tertiary/aromatic N) is 2. The topological polar surface area (TPSA) is 79.0 Å². The lowest BCUT2D eigenvalue weighted by atomic mass is 10.1. The van der Waals surface area contributed by atoms with Crippen molar-refractivity contribution in [3.8, 4) is 0 Å². The van der Waals surface area contributed by atoms with Gasteiger partial charge in [0, 0.05) is 26.2 Å². The van der Waals surface area contributed by atoms with Gasteiger partial charge in [-0.15, -0.1) is 0 Å². The number of hydrogen-bond donors (Lipinski definition) is 1. The number of halogens is 2. The minimum atomic E-state index is -3.79. The van der Waals surface area contributed by atoms with Crippen LogP contribution < -0.4 is 10.2 Å². The summed E-state index contributed by atoms with van der Waals surface area (Å²) in [7, 11) is -3.79. The summed E-state index contributed by atoms with van der Waals surface area (Å²) in [6.07, 6.45) is 1.94. The molecule has 0 aromatic heterocycles. The first kappa shape index (κ1) is 21.7. The molecule has 31 heavy (non-hydrogen) atoms. The molecule has 2 fully saturated rings. The summed E-state index contributed by atoms with van der Waals surface area (Å²) in [6.45, 7) is 2.62. The Morgan fingerprint density at radius 2 is 1.68 bits per heavy atom. The highest BCUT2D eigenvalue weighted by atomic mass is 32.2. The third kappa shape index (κ3) is 4.56. The molecule has 0 unspecified atom stereocenters. The Morgan fingerprint density at radius 3 is 2.39 bits per heavy atom. The number of sulfonamides is 1. The van der Waals surface area contributed by atoms with E-state index in [0.29, 0.717) is 18.9 Å². The van der Waals surface area contributed by atoms with Crippen molar-refractivity contribution in [2.75, 3.05) is 49.6 Å². The fraction of sp³-hybridized carbons (Fsp3) is 0.381. The number of rotatable bonds is 5. The van der Waals surface area contributed by atoms with Crippen molar-refractivity contribution in [3.63, 3.8) is 0 Å². The molecule has 4 rings (SSSR count). The summed E-state index contributed by atoms with van der Waals surface area (Å²) in [5.74, 6) is -2.45. The van der Waals surface area contributed by atoms with Gasteiger partial charge < -0.3 is 15.0 Å². The van der Waals surface area contributed by atoms with Crippen LogP contribution in [0.3, 0.4) is 0 Å². The molecule has 2 aliphatic rings. The van der Waals surface area contributed by atoms with Crippen LogP contribution in [0.25, 0.3) is 0 Å². The molecule has 0 spiro atoms. The van der Waals surface area contributed by atoms with Crippen LogP contribution >= 0.6 is 0 Å². The zero-order valence-electron chi connectivity index (χ0n) is 16.8. The number of carbonyl (C=O) groups excluding carboxylic acids is 1. The molecule has 2 saturated heterocycles. The SMILES string of the molecule is O=C(Nc1cc(S(=O)(=O)N2CCOCC2)ccc1N1CCCC1)c1cc(F)ccc1F. The zero-order chi connectivity index (χ0) is 22.0. The van der Waals surface area contributed by atoms with E-state index in [9.17, 15) is 22.0 Å². The van der Waals surface area contributed by atoms with Gasteiger partial charge in [-0.3, -0.25) is 4.79 Å². The van der Waals surface area contributed by atoms with Crippen LogP contribution in [0, 0.1) is 11.6 Å². The van der Waals surface area contributed by atoms with Crippen molar-refractivity contribution in [1.29, 1.82) is 0 Å². The number of benzene rings is 2. The van der Waals surface area contributed by atoms with Crippen LogP contribution in [0.1, 0.15) is 23.2 Å². The summed E-state index contributed by atoms with van der Waals surface area (Å²) in [6, 6.07) is 7.16. The molecular formula is C21H23F2N3O4S. The Balaban J connectivity index is 1.70. The first-order chi connectivity index (χ1) is 14.9. The molecule has 0 radical (unpaired) electrons. The van der Waals surface area contributed by atoms with Gasteiger partial charge in [-0.2, -0.15) is 4.31 Å². The molecule has 7 nitrogen and oxygen atoms in total. The van der Waals surface area contributed by atoms with Crippen LogP contribution in [-0.2, 0) is 14.8 Å². The van der Waals surface area contributed by atoms with Gasteiger partial charge in [-0.1, -0.05) is 0 Å². The Kier molecular flexibility index (Phi) is 6.22. The predicted molar refractivity (Wildman–Crippen MR) is 112 cm³/mol. The highest BCUT2D eigenvalue weighted by molar-refractivity contribution is 7.89.